The average molecular weight is 426 g/mol. The Hall–Kier alpha value is -1.59. The second-order valence-corrected chi connectivity index (χ2v) is 7.42. The van der Waals surface area contributed by atoms with Gasteiger partial charge >= 0.3 is 0 Å². The molecule has 0 saturated carbocycles. The van der Waals surface area contributed by atoms with E-state index in [1.807, 2.05) is 36.4 Å². The number of halogens is 3. The van der Waals surface area contributed by atoms with E-state index in [4.69, 9.17) is 51.8 Å². The highest BCUT2D eigenvalue weighted by Crippen LogP contribution is 2.34. The van der Waals surface area contributed by atoms with Crippen LogP contribution >= 0.6 is 47.0 Å². The molecule has 0 radical (unpaired) electrons. The number of hydrogen-bond donors (Lipinski definition) is 0. The maximum atomic E-state index is 6.64. The number of rotatable bonds is 6. The van der Waals surface area contributed by atoms with Crippen LogP contribution in [0, 0.1) is 0 Å². The molecule has 2 atom stereocenters. The first-order valence-corrected chi connectivity index (χ1v) is 9.44. The van der Waals surface area contributed by atoms with E-state index in [-0.39, 0.29) is 0 Å². The molecule has 0 fully saturated rings. The van der Waals surface area contributed by atoms with Crippen molar-refractivity contribution in [2.75, 3.05) is 0 Å². The molecule has 2 unspecified atom stereocenters. The van der Waals surface area contributed by atoms with E-state index in [0.717, 1.165) is 11.1 Å². The van der Waals surface area contributed by atoms with Crippen LogP contribution in [0.15, 0.2) is 67.3 Å². The van der Waals surface area contributed by atoms with Gasteiger partial charge in [0.25, 0.3) is 0 Å². The molecule has 2 aromatic carbocycles. The smallest absolute Gasteiger partial charge is 0.165 e. The molecule has 1 aromatic heterocycles. The fourth-order valence-electron chi connectivity index (χ4n) is 2.46. The van der Waals surface area contributed by atoms with Gasteiger partial charge in [0.15, 0.2) is 11.2 Å². The van der Waals surface area contributed by atoms with Crippen LogP contribution in [0.4, 0.5) is 0 Å². The predicted octanol–water partition coefficient (Wildman–Crippen LogP) is 6.26. The van der Waals surface area contributed by atoms with Crippen molar-refractivity contribution in [1.29, 1.82) is 0 Å². The van der Waals surface area contributed by atoms with E-state index < -0.39 is 11.6 Å². The first kappa shape index (κ1) is 19.2. The van der Waals surface area contributed by atoms with Crippen LogP contribution in [0.3, 0.4) is 0 Å². The van der Waals surface area contributed by atoms with Gasteiger partial charge in [-0.05, 0) is 47.6 Å². The number of aromatic nitrogens is 2. The lowest BCUT2D eigenvalue weighted by molar-refractivity contribution is 0.164. The Morgan fingerprint density at radius 1 is 1.04 bits per heavy atom. The SMILES string of the molecule is S=C(Cc1ccc(Cl)cc1)OC(c1ccc(Cl)cc1)C(Cl)n1ccnc1. The standard InChI is InChI=1S/C19H15Cl3N2OS/c20-15-5-1-13(2-6-15)11-17(26)25-18(14-3-7-16(21)8-4-14)19(22)24-10-9-23-12-24/h1-10,12,18-19H,11H2. The molecule has 0 N–H and O–H groups in total. The molecule has 1 heterocycles. The number of benzene rings is 2. The Balaban J connectivity index is 1.79. The Kier molecular flexibility index (Phi) is 6.54. The first-order chi connectivity index (χ1) is 12.5. The Morgan fingerprint density at radius 2 is 1.65 bits per heavy atom. The highest BCUT2D eigenvalue weighted by atomic mass is 35.5. The Bertz CT molecular complexity index is 852. The summed E-state index contributed by atoms with van der Waals surface area (Å²) in [7, 11) is 0. The molecule has 0 amide bonds. The molecule has 26 heavy (non-hydrogen) atoms. The number of thiocarbonyl (C=S) groups is 1. The van der Waals surface area contributed by atoms with Crippen LogP contribution < -0.4 is 0 Å². The molecule has 134 valence electrons. The van der Waals surface area contributed by atoms with E-state index in [2.05, 4.69) is 4.98 Å². The van der Waals surface area contributed by atoms with E-state index in [1.54, 1.807) is 35.4 Å². The Morgan fingerprint density at radius 3 is 2.23 bits per heavy atom. The van der Waals surface area contributed by atoms with Gasteiger partial charge in [0.2, 0.25) is 0 Å². The second kappa shape index (κ2) is 8.87. The van der Waals surface area contributed by atoms with E-state index in [1.165, 1.54) is 0 Å². The highest BCUT2D eigenvalue weighted by molar-refractivity contribution is 7.80. The lowest BCUT2D eigenvalue weighted by Gasteiger charge is -2.25. The van der Waals surface area contributed by atoms with Crippen molar-refractivity contribution >= 4 is 52.1 Å². The van der Waals surface area contributed by atoms with E-state index in [9.17, 15) is 0 Å². The molecule has 3 nitrogen and oxygen atoms in total. The molecule has 0 saturated heterocycles. The summed E-state index contributed by atoms with van der Waals surface area (Å²) in [4.78, 5) is 4.05. The Labute approximate surface area is 172 Å². The van der Waals surface area contributed by atoms with Crippen LogP contribution in [0.1, 0.15) is 22.7 Å². The minimum absolute atomic E-state index is 0.443. The molecular weight excluding hydrogens is 411 g/mol. The molecule has 0 aliphatic carbocycles. The van der Waals surface area contributed by atoms with Crippen molar-refractivity contribution in [2.45, 2.75) is 18.0 Å². The van der Waals surface area contributed by atoms with Crippen LogP contribution in [0.2, 0.25) is 10.0 Å². The van der Waals surface area contributed by atoms with Crippen molar-refractivity contribution < 1.29 is 4.74 Å². The second-order valence-electron chi connectivity index (χ2n) is 5.65. The quantitative estimate of drug-likeness (QED) is 0.345. The lowest BCUT2D eigenvalue weighted by atomic mass is 10.1. The number of imidazole rings is 1. The van der Waals surface area contributed by atoms with Crippen molar-refractivity contribution in [1.82, 2.24) is 9.55 Å². The average Bonchev–Trinajstić information content (AvgIpc) is 3.17. The number of nitrogens with zero attached hydrogens (tertiary/aromatic N) is 2. The van der Waals surface area contributed by atoms with Crippen molar-refractivity contribution in [2.24, 2.45) is 0 Å². The molecular formula is C19H15Cl3N2OS. The van der Waals surface area contributed by atoms with Crippen LogP contribution in [0.25, 0.3) is 0 Å². The molecule has 3 rings (SSSR count). The number of alkyl halides is 1. The molecule has 0 spiro atoms. The summed E-state index contributed by atoms with van der Waals surface area (Å²) in [5.74, 6) is 0. The monoisotopic (exact) mass is 424 g/mol. The van der Waals surface area contributed by atoms with Gasteiger partial charge in [0.05, 0.1) is 6.33 Å². The maximum absolute atomic E-state index is 6.64. The lowest BCUT2D eigenvalue weighted by Crippen LogP contribution is -2.19. The van der Waals surface area contributed by atoms with E-state index in [0.29, 0.717) is 21.5 Å². The summed E-state index contributed by atoms with van der Waals surface area (Å²) in [6, 6.07) is 14.8. The van der Waals surface area contributed by atoms with Crippen LogP contribution in [-0.2, 0) is 11.2 Å². The summed E-state index contributed by atoms with van der Waals surface area (Å²) >= 11 is 24.0. The highest BCUT2D eigenvalue weighted by Gasteiger charge is 2.25. The zero-order valence-corrected chi connectivity index (χ0v) is 16.6. The third-order valence-electron chi connectivity index (χ3n) is 3.78. The van der Waals surface area contributed by atoms with Crippen LogP contribution in [0.5, 0.6) is 0 Å². The summed E-state index contributed by atoms with van der Waals surface area (Å²) in [5.41, 5.74) is 1.38. The summed E-state index contributed by atoms with van der Waals surface area (Å²) in [6.45, 7) is 0. The topological polar surface area (TPSA) is 27.1 Å². The summed E-state index contributed by atoms with van der Waals surface area (Å²) in [6.07, 6.45) is 5.10. The van der Waals surface area contributed by atoms with Gasteiger partial charge in [0, 0.05) is 28.9 Å². The first-order valence-electron chi connectivity index (χ1n) is 7.84. The number of hydrogen-bond acceptors (Lipinski definition) is 3. The third kappa shape index (κ3) is 4.98. The third-order valence-corrected chi connectivity index (χ3v) is 4.98. The zero-order chi connectivity index (χ0) is 18.5. The van der Waals surface area contributed by atoms with Gasteiger partial charge in [-0.2, -0.15) is 0 Å². The molecule has 0 aliphatic rings. The van der Waals surface area contributed by atoms with Crippen molar-refractivity contribution in [3.05, 3.63) is 88.4 Å². The molecule has 3 aromatic rings. The summed E-state index contributed by atoms with van der Waals surface area (Å²) < 4.78 is 7.84. The van der Waals surface area contributed by atoms with Gasteiger partial charge in [-0.25, -0.2) is 4.98 Å². The van der Waals surface area contributed by atoms with Gasteiger partial charge in [0.1, 0.15) is 5.50 Å². The largest absolute Gasteiger partial charge is 0.475 e. The minimum atomic E-state index is -0.512. The summed E-state index contributed by atoms with van der Waals surface area (Å²) in [5, 5.41) is 1.77. The maximum Gasteiger partial charge on any atom is 0.165 e. The van der Waals surface area contributed by atoms with Gasteiger partial charge < -0.3 is 9.30 Å². The zero-order valence-electron chi connectivity index (χ0n) is 13.6. The predicted molar refractivity (Wildman–Crippen MR) is 110 cm³/mol. The van der Waals surface area contributed by atoms with Crippen molar-refractivity contribution in [3.63, 3.8) is 0 Å². The van der Waals surface area contributed by atoms with Crippen molar-refractivity contribution in [3.8, 4) is 0 Å². The minimum Gasteiger partial charge on any atom is -0.475 e. The van der Waals surface area contributed by atoms with Gasteiger partial charge in [-0.15, -0.1) is 0 Å². The van der Waals surface area contributed by atoms with Crippen LogP contribution in [-0.4, -0.2) is 14.6 Å². The fraction of sp³-hybridized carbons (Fsp3) is 0.158. The normalized spacial score (nSPS) is 13.2. The number of ether oxygens (including phenoxy) is 1. The van der Waals surface area contributed by atoms with Gasteiger partial charge in [-0.3, -0.25) is 0 Å². The fourth-order valence-corrected chi connectivity index (χ4v) is 3.29. The molecule has 0 aliphatic heterocycles. The molecule has 0 bridgehead atoms. The van der Waals surface area contributed by atoms with E-state index >= 15 is 0 Å². The van der Waals surface area contributed by atoms with Gasteiger partial charge in [-0.1, -0.05) is 59.1 Å². The molecule has 7 heteroatoms.